The Morgan fingerprint density at radius 1 is 0.957 bits per heavy atom. The van der Waals surface area contributed by atoms with E-state index in [4.69, 9.17) is 9.72 Å². The molecular weight excluding hydrogens is 590 g/mol. The first-order valence-electron chi connectivity index (χ1n) is 16.1. The molecule has 2 aliphatic rings. The Bertz CT molecular complexity index is 1850. The summed E-state index contributed by atoms with van der Waals surface area (Å²) in [6.45, 7) is 5.42. The lowest BCUT2D eigenvalue weighted by Gasteiger charge is -2.30. The van der Waals surface area contributed by atoms with E-state index in [9.17, 15) is 9.59 Å². The summed E-state index contributed by atoms with van der Waals surface area (Å²) in [5.41, 5.74) is 5.43. The van der Waals surface area contributed by atoms with E-state index in [-0.39, 0.29) is 23.9 Å². The predicted molar refractivity (Wildman–Crippen MR) is 180 cm³/mol. The maximum atomic E-state index is 13.6. The number of H-pyrrole nitrogens is 2. The number of ether oxygens (including phenoxy) is 1. The zero-order valence-corrected chi connectivity index (χ0v) is 26.9. The molecule has 2 aromatic carbocycles. The van der Waals surface area contributed by atoms with Gasteiger partial charge in [0.2, 0.25) is 5.91 Å². The maximum Gasteiger partial charge on any atom is 0.407 e. The van der Waals surface area contributed by atoms with Gasteiger partial charge in [-0.1, -0.05) is 56.2 Å². The molecule has 0 saturated carbocycles. The maximum absolute atomic E-state index is 13.6. The minimum Gasteiger partial charge on any atom is -0.453 e. The van der Waals surface area contributed by atoms with Gasteiger partial charge in [-0.3, -0.25) is 4.79 Å². The van der Waals surface area contributed by atoms with Crippen molar-refractivity contribution in [2.24, 2.45) is 5.92 Å². The Kier molecular flexibility index (Phi) is 9.70. The second-order valence-corrected chi connectivity index (χ2v) is 12.2. The van der Waals surface area contributed by atoms with E-state index in [1.54, 1.807) is 6.20 Å². The smallest absolute Gasteiger partial charge is 0.407 e. The van der Waals surface area contributed by atoms with Gasteiger partial charge >= 0.3 is 6.09 Å². The van der Waals surface area contributed by atoms with Gasteiger partial charge in [-0.25, -0.2) is 14.8 Å². The molecule has 4 aromatic rings. The number of hydrogen-bond acceptors (Lipinski definition) is 6. The van der Waals surface area contributed by atoms with Gasteiger partial charge < -0.3 is 30.2 Å². The van der Waals surface area contributed by atoms with Crippen LogP contribution < -0.4 is 10.6 Å². The molecule has 2 amide bonds. The minimum atomic E-state index is -0.685. The lowest BCUT2D eigenvalue weighted by molar-refractivity contribution is -0.135. The summed E-state index contributed by atoms with van der Waals surface area (Å²) >= 11 is 0. The molecule has 240 valence electrons. The van der Waals surface area contributed by atoms with E-state index < -0.39 is 12.1 Å². The largest absolute Gasteiger partial charge is 0.453 e. The predicted octanol–water partition coefficient (Wildman–Crippen LogP) is 5.34. The van der Waals surface area contributed by atoms with Crippen LogP contribution in [0.5, 0.6) is 0 Å². The zero-order valence-electron chi connectivity index (χ0n) is 26.9. The molecule has 2 aromatic heterocycles. The number of nitrogens with zero attached hydrogens (tertiary/aromatic N) is 3. The molecule has 2 saturated heterocycles. The molecule has 0 spiro atoms. The highest BCUT2D eigenvalue weighted by Gasteiger charge is 2.37. The van der Waals surface area contributed by atoms with Crippen molar-refractivity contribution in [2.75, 3.05) is 20.2 Å². The number of carbonyl (C=O) groups is 2. The molecule has 0 aliphatic carbocycles. The summed E-state index contributed by atoms with van der Waals surface area (Å²) in [5, 5.41) is 6.14. The Balaban J connectivity index is 1.23. The molecule has 2 aliphatic heterocycles. The standard InChI is InChI=1S/C37H39N7O3/c1-24(2)33(43-37(46)47-3)36(45)44-20-10-16-32(44)35-40-23-31(42-35)27-18-17-26(29(21-27)25-11-5-4-6-12-25)13-7-8-14-28-22-39-34(41-28)30-15-9-19-38-30/h4-6,11-12,17-18,21-24,30,32-33,38H,9-10,15-16,19-20H2,1-3H3,(H,39,41)(H,40,42)(H,43,46)/t30?,32?,33-/m0/s1. The number of alkyl carbamates (subject to hydrolysis) is 1. The van der Waals surface area contributed by atoms with Crippen molar-refractivity contribution in [3.05, 3.63) is 83.8 Å². The van der Waals surface area contributed by atoms with Crippen LogP contribution in [0.25, 0.3) is 22.4 Å². The second-order valence-electron chi connectivity index (χ2n) is 12.2. The zero-order chi connectivity index (χ0) is 32.8. The number of nitrogens with one attached hydrogen (secondary N) is 4. The Morgan fingerprint density at radius 2 is 1.77 bits per heavy atom. The number of aromatic nitrogens is 4. The van der Waals surface area contributed by atoms with E-state index >= 15 is 0 Å². The number of carbonyl (C=O) groups excluding carboxylic acids is 2. The molecule has 10 nitrogen and oxygen atoms in total. The third kappa shape index (κ3) is 7.24. The van der Waals surface area contributed by atoms with Crippen molar-refractivity contribution in [3.8, 4) is 46.1 Å². The van der Waals surface area contributed by atoms with Crippen LogP contribution in [0.2, 0.25) is 0 Å². The fourth-order valence-electron chi connectivity index (χ4n) is 6.22. The van der Waals surface area contributed by atoms with E-state index in [1.807, 2.05) is 55.3 Å². The number of imidazole rings is 2. The van der Waals surface area contributed by atoms with Gasteiger partial charge in [-0.2, -0.15) is 0 Å². The van der Waals surface area contributed by atoms with Crippen molar-refractivity contribution < 1.29 is 14.3 Å². The first kappa shape index (κ1) is 31.7. The number of rotatable bonds is 7. The van der Waals surface area contributed by atoms with Crippen molar-refractivity contribution in [2.45, 2.75) is 57.7 Å². The summed E-state index contributed by atoms with van der Waals surface area (Å²) in [6.07, 6.45) is 6.81. The first-order valence-corrected chi connectivity index (χ1v) is 16.1. The molecule has 0 bridgehead atoms. The van der Waals surface area contributed by atoms with E-state index in [2.05, 4.69) is 67.5 Å². The summed E-state index contributed by atoms with van der Waals surface area (Å²) in [4.78, 5) is 43.3. The van der Waals surface area contributed by atoms with Crippen LogP contribution in [0.4, 0.5) is 4.79 Å². The van der Waals surface area contributed by atoms with Crippen LogP contribution in [0.15, 0.2) is 60.9 Å². The average Bonchev–Trinajstić information content (AvgIpc) is 3.92. The summed E-state index contributed by atoms with van der Waals surface area (Å²) in [7, 11) is 1.29. The van der Waals surface area contributed by atoms with E-state index in [0.717, 1.165) is 77.5 Å². The normalized spacial score (nSPS) is 17.8. The van der Waals surface area contributed by atoms with E-state index in [0.29, 0.717) is 6.54 Å². The number of amides is 2. The van der Waals surface area contributed by atoms with Crippen molar-refractivity contribution in [1.29, 1.82) is 0 Å². The topological polar surface area (TPSA) is 128 Å². The number of aromatic amines is 2. The molecule has 2 fully saturated rings. The highest BCUT2D eigenvalue weighted by Crippen LogP contribution is 2.34. The summed E-state index contributed by atoms with van der Waals surface area (Å²) in [5.74, 6) is 13.7. The Morgan fingerprint density at radius 3 is 2.53 bits per heavy atom. The van der Waals surface area contributed by atoms with Gasteiger partial charge in [0.05, 0.1) is 37.3 Å². The first-order chi connectivity index (χ1) is 22.9. The van der Waals surface area contributed by atoms with Crippen LogP contribution in [-0.4, -0.2) is 63.1 Å². The van der Waals surface area contributed by atoms with Crippen molar-refractivity contribution >= 4 is 12.0 Å². The molecule has 0 radical (unpaired) electrons. The van der Waals surface area contributed by atoms with Gasteiger partial charge in [0.25, 0.3) is 0 Å². The highest BCUT2D eigenvalue weighted by molar-refractivity contribution is 5.86. The molecule has 47 heavy (non-hydrogen) atoms. The summed E-state index contributed by atoms with van der Waals surface area (Å²) in [6, 6.07) is 15.6. The molecule has 6 rings (SSSR count). The molecule has 2 unspecified atom stereocenters. The molecule has 3 atom stereocenters. The summed E-state index contributed by atoms with van der Waals surface area (Å²) < 4.78 is 4.76. The number of benzene rings is 2. The Hall–Kier alpha value is -5.32. The van der Waals surface area contributed by atoms with Gasteiger partial charge in [0.15, 0.2) is 0 Å². The average molecular weight is 630 g/mol. The van der Waals surface area contributed by atoms with E-state index in [1.165, 1.54) is 7.11 Å². The monoisotopic (exact) mass is 629 g/mol. The van der Waals surface area contributed by atoms with Gasteiger partial charge in [-0.15, -0.1) is 0 Å². The number of likely N-dealkylation sites (tertiary alicyclic amines) is 1. The second kappa shape index (κ2) is 14.4. The molecular formula is C37H39N7O3. The Labute approximate surface area is 275 Å². The van der Waals surface area contributed by atoms with Crippen LogP contribution in [0.1, 0.15) is 74.5 Å². The fourth-order valence-corrected chi connectivity index (χ4v) is 6.22. The SMILES string of the molecule is COC(=O)N[C@H](C(=O)N1CCCC1c1ncc(-c2ccc(C#CC#Cc3cnc(C4CCCN4)[nH]3)c(-c3ccccc3)c2)[nH]1)C(C)C. The van der Waals surface area contributed by atoms with Gasteiger partial charge in [0.1, 0.15) is 23.4 Å². The third-order valence-electron chi connectivity index (χ3n) is 8.70. The molecule has 10 heteroatoms. The van der Waals surface area contributed by atoms with Crippen LogP contribution >= 0.6 is 0 Å². The highest BCUT2D eigenvalue weighted by atomic mass is 16.5. The molecule has 4 N–H and O–H groups in total. The van der Waals surface area contributed by atoms with Gasteiger partial charge in [-0.05, 0) is 79.2 Å². The number of hydrogen-bond donors (Lipinski definition) is 4. The lowest BCUT2D eigenvalue weighted by Crippen LogP contribution is -2.51. The lowest BCUT2D eigenvalue weighted by atomic mass is 9.96. The van der Waals surface area contributed by atoms with Gasteiger partial charge in [0, 0.05) is 17.7 Å². The molecule has 4 heterocycles. The fraction of sp³-hybridized carbons (Fsp3) is 0.351. The minimum absolute atomic E-state index is 0.100. The van der Waals surface area contributed by atoms with Crippen LogP contribution in [-0.2, 0) is 9.53 Å². The number of methoxy groups -OCH3 is 1. The van der Waals surface area contributed by atoms with Crippen molar-refractivity contribution in [1.82, 2.24) is 35.5 Å². The third-order valence-corrected chi connectivity index (χ3v) is 8.70. The van der Waals surface area contributed by atoms with Crippen LogP contribution in [0.3, 0.4) is 0 Å². The quantitative estimate of drug-likeness (QED) is 0.205. The van der Waals surface area contributed by atoms with Crippen LogP contribution in [0, 0.1) is 29.6 Å². The van der Waals surface area contributed by atoms with Crippen molar-refractivity contribution in [3.63, 3.8) is 0 Å².